The average molecular weight is 446 g/mol. The van der Waals surface area contributed by atoms with E-state index in [2.05, 4.69) is 5.32 Å². The summed E-state index contributed by atoms with van der Waals surface area (Å²) in [6.45, 7) is 5.37. The summed E-state index contributed by atoms with van der Waals surface area (Å²) in [6.07, 6.45) is 5.23. The van der Waals surface area contributed by atoms with Gasteiger partial charge in [-0.2, -0.15) is 0 Å². The van der Waals surface area contributed by atoms with Gasteiger partial charge in [-0.05, 0) is 61.4 Å². The first-order valence-corrected chi connectivity index (χ1v) is 12.0. The molecule has 7 heteroatoms. The Morgan fingerprint density at radius 2 is 1.81 bits per heavy atom. The molecule has 1 aliphatic carbocycles. The van der Waals surface area contributed by atoms with Gasteiger partial charge in [-0.1, -0.05) is 31.4 Å². The molecule has 31 heavy (non-hydrogen) atoms. The number of hydrogen-bond donors (Lipinski definition) is 1. The van der Waals surface area contributed by atoms with Gasteiger partial charge in [0, 0.05) is 24.0 Å². The van der Waals surface area contributed by atoms with Gasteiger partial charge in [0.2, 0.25) is 5.91 Å². The van der Waals surface area contributed by atoms with Crippen molar-refractivity contribution >= 4 is 23.3 Å². The lowest BCUT2D eigenvalue weighted by atomic mass is 9.94. The van der Waals surface area contributed by atoms with E-state index in [0.717, 1.165) is 41.7 Å². The van der Waals surface area contributed by atoms with Crippen LogP contribution in [0.4, 0.5) is 9.18 Å². The number of nitrogens with zero attached hydrogens (tertiary/aromatic N) is 2. The first-order chi connectivity index (χ1) is 15.0. The molecule has 0 radical (unpaired) electrons. The molecule has 3 amide bonds. The van der Waals surface area contributed by atoms with Gasteiger partial charge in [0.1, 0.15) is 12.4 Å². The molecule has 168 valence electrons. The van der Waals surface area contributed by atoms with Gasteiger partial charge in [-0.3, -0.25) is 4.79 Å². The van der Waals surface area contributed by atoms with Crippen molar-refractivity contribution in [1.82, 2.24) is 15.1 Å². The van der Waals surface area contributed by atoms with E-state index in [9.17, 15) is 14.0 Å². The molecule has 2 aromatic rings. The maximum Gasteiger partial charge on any atom is 0.318 e. The van der Waals surface area contributed by atoms with Crippen LogP contribution in [0.1, 0.15) is 55.0 Å². The van der Waals surface area contributed by atoms with Crippen molar-refractivity contribution in [3.05, 3.63) is 57.5 Å². The molecular weight excluding hydrogens is 413 g/mol. The molecule has 0 atom stereocenters. The third kappa shape index (κ3) is 6.53. The normalized spacial score (nSPS) is 14.3. The van der Waals surface area contributed by atoms with E-state index in [1.165, 1.54) is 18.6 Å². The number of carbonyl (C=O) groups excluding carboxylic acids is 2. The Morgan fingerprint density at radius 1 is 1.10 bits per heavy atom. The number of halogens is 1. The van der Waals surface area contributed by atoms with Crippen molar-refractivity contribution < 1.29 is 14.0 Å². The highest BCUT2D eigenvalue weighted by atomic mass is 32.1. The van der Waals surface area contributed by atoms with E-state index in [0.29, 0.717) is 19.6 Å². The van der Waals surface area contributed by atoms with Crippen LogP contribution < -0.4 is 5.32 Å². The predicted molar refractivity (Wildman–Crippen MR) is 122 cm³/mol. The quantitative estimate of drug-likeness (QED) is 0.615. The minimum absolute atomic E-state index is 0.0577. The van der Waals surface area contributed by atoms with Gasteiger partial charge >= 0.3 is 6.03 Å². The van der Waals surface area contributed by atoms with Gasteiger partial charge in [0.05, 0.1) is 6.54 Å². The Hall–Kier alpha value is -2.41. The SMILES string of the molecule is CCNC(=O)N(CC(=O)N(Cc1ccc(F)cc1)Cc1sccc1C)C1CCCCC1. The lowest BCUT2D eigenvalue weighted by molar-refractivity contribution is -0.133. The third-order valence-electron chi connectivity index (χ3n) is 5.85. The summed E-state index contributed by atoms with van der Waals surface area (Å²) >= 11 is 1.62. The number of aryl methyl sites for hydroxylation is 1. The maximum atomic E-state index is 13.4. The van der Waals surface area contributed by atoms with Crippen LogP contribution in [0.15, 0.2) is 35.7 Å². The second-order valence-corrected chi connectivity index (χ2v) is 9.16. The number of amides is 3. The first-order valence-electron chi connectivity index (χ1n) is 11.1. The standard InChI is InChI=1S/C24H32FN3O2S/c1-3-26-24(30)28(21-7-5-4-6-8-21)17-23(29)27(16-22-18(2)13-14-31-22)15-19-9-11-20(25)12-10-19/h9-14,21H,3-8,15-17H2,1-2H3,(H,26,30). The molecule has 0 aliphatic heterocycles. The molecule has 1 aromatic carbocycles. The first kappa shape index (κ1) is 23.3. The molecule has 0 unspecified atom stereocenters. The van der Waals surface area contributed by atoms with Crippen LogP contribution in [0.3, 0.4) is 0 Å². The van der Waals surface area contributed by atoms with Gasteiger partial charge in [-0.25, -0.2) is 9.18 Å². The number of thiophene rings is 1. The summed E-state index contributed by atoms with van der Waals surface area (Å²) in [7, 11) is 0. The highest BCUT2D eigenvalue weighted by Gasteiger charge is 2.29. The Balaban J connectivity index is 1.79. The minimum Gasteiger partial charge on any atom is -0.338 e. The van der Waals surface area contributed by atoms with Crippen molar-refractivity contribution in [1.29, 1.82) is 0 Å². The number of hydrogen-bond acceptors (Lipinski definition) is 3. The Labute approximate surface area is 188 Å². The molecule has 0 saturated heterocycles. The summed E-state index contributed by atoms with van der Waals surface area (Å²) in [5.74, 6) is -0.385. The number of benzene rings is 1. The smallest absolute Gasteiger partial charge is 0.318 e. The Kier molecular flexibility index (Phi) is 8.46. The summed E-state index contributed by atoms with van der Waals surface area (Å²) in [5, 5.41) is 4.90. The summed E-state index contributed by atoms with van der Waals surface area (Å²) < 4.78 is 13.4. The summed E-state index contributed by atoms with van der Waals surface area (Å²) in [6, 6.07) is 8.22. The number of nitrogens with one attached hydrogen (secondary N) is 1. The summed E-state index contributed by atoms with van der Waals surface area (Å²) in [5.41, 5.74) is 2.01. The van der Waals surface area contributed by atoms with E-state index in [-0.39, 0.29) is 30.3 Å². The van der Waals surface area contributed by atoms with Gasteiger partial charge in [0.25, 0.3) is 0 Å². The third-order valence-corrected chi connectivity index (χ3v) is 6.86. The van der Waals surface area contributed by atoms with Crippen LogP contribution in [0.5, 0.6) is 0 Å². The zero-order valence-corrected chi connectivity index (χ0v) is 19.2. The van der Waals surface area contributed by atoms with Crippen molar-refractivity contribution in [3.8, 4) is 0 Å². The van der Waals surface area contributed by atoms with Gasteiger partial charge in [-0.15, -0.1) is 11.3 Å². The molecule has 0 spiro atoms. The second kappa shape index (κ2) is 11.3. The molecule has 1 aromatic heterocycles. The molecule has 1 fully saturated rings. The maximum absolute atomic E-state index is 13.4. The zero-order valence-electron chi connectivity index (χ0n) is 18.4. The van der Waals surface area contributed by atoms with Gasteiger partial charge in [0.15, 0.2) is 0 Å². The number of urea groups is 1. The highest BCUT2D eigenvalue weighted by Crippen LogP contribution is 2.24. The molecule has 0 bridgehead atoms. The number of rotatable bonds is 8. The lowest BCUT2D eigenvalue weighted by Gasteiger charge is -2.35. The van der Waals surface area contributed by atoms with Crippen LogP contribution >= 0.6 is 11.3 Å². The van der Waals surface area contributed by atoms with Crippen LogP contribution in [0.2, 0.25) is 0 Å². The molecule has 3 rings (SSSR count). The van der Waals surface area contributed by atoms with Crippen molar-refractivity contribution in [2.45, 2.75) is 65.1 Å². The lowest BCUT2D eigenvalue weighted by Crippen LogP contribution is -2.51. The van der Waals surface area contributed by atoms with Crippen LogP contribution in [-0.2, 0) is 17.9 Å². The van der Waals surface area contributed by atoms with E-state index in [4.69, 9.17) is 0 Å². The molecular formula is C24H32FN3O2S. The van der Waals surface area contributed by atoms with Crippen molar-refractivity contribution in [2.24, 2.45) is 0 Å². The zero-order chi connectivity index (χ0) is 22.2. The highest BCUT2D eigenvalue weighted by molar-refractivity contribution is 7.10. The van der Waals surface area contributed by atoms with E-state index in [1.807, 2.05) is 25.3 Å². The van der Waals surface area contributed by atoms with Crippen LogP contribution in [0.25, 0.3) is 0 Å². The van der Waals surface area contributed by atoms with Crippen LogP contribution in [0, 0.1) is 12.7 Å². The molecule has 1 heterocycles. The molecule has 1 saturated carbocycles. The fraction of sp³-hybridized carbons (Fsp3) is 0.500. The monoisotopic (exact) mass is 445 g/mol. The number of carbonyl (C=O) groups is 2. The van der Waals surface area contributed by atoms with E-state index in [1.54, 1.807) is 33.3 Å². The molecule has 1 aliphatic rings. The van der Waals surface area contributed by atoms with Crippen molar-refractivity contribution in [3.63, 3.8) is 0 Å². The Bertz CT molecular complexity index is 862. The van der Waals surface area contributed by atoms with Crippen molar-refractivity contribution in [2.75, 3.05) is 13.1 Å². The minimum atomic E-state index is -0.296. The second-order valence-electron chi connectivity index (χ2n) is 8.16. The van der Waals surface area contributed by atoms with Crippen LogP contribution in [-0.4, -0.2) is 40.9 Å². The fourth-order valence-electron chi connectivity index (χ4n) is 4.04. The fourth-order valence-corrected chi connectivity index (χ4v) is 4.96. The Morgan fingerprint density at radius 3 is 2.42 bits per heavy atom. The molecule has 1 N–H and O–H groups in total. The van der Waals surface area contributed by atoms with E-state index >= 15 is 0 Å². The average Bonchev–Trinajstić information content (AvgIpc) is 3.18. The molecule has 5 nitrogen and oxygen atoms in total. The van der Waals surface area contributed by atoms with E-state index < -0.39 is 0 Å². The van der Waals surface area contributed by atoms with Gasteiger partial charge < -0.3 is 15.1 Å². The largest absolute Gasteiger partial charge is 0.338 e. The topological polar surface area (TPSA) is 52.7 Å². The predicted octanol–water partition coefficient (Wildman–Crippen LogP) is 5.09. The summed E-state index contributed by atoms with van der Waals surface area (Å²) in [4.78, 5) is 30.8.